The molecular weight excluding hydrogens is 349 g/mol. The van der Waals surface area contributed by atoms with E-state index in [0.717, 1.165) is 0 Å². The van der Waals surface area contributed by atoms with E-state index < -0.39 is 41.3 Å². The first-order valence-corrected chi connectivity index (χ1v) is 6.82. The van der Waals surface area contributed by atoms with Crippen molar-refractivity contribution in [2.45, 2.75) is 11.5 Å². The summed E-state index contributed by atoms with van der Waals surface area (Å²) in [5.41, 5.74) is -0.870. The largest absolute Gasteiger partial charge is 0.365 e. The van der Waals surface area contributed by atoms with Gasteiger partial charge in [0.1, 0.15) is 0 Å². The lowest BCUT2D eigenvalue weighted by atomic mass is 10.3. The van der Waals surface area contributed by atoms with E-state index in [1.807, 2.05) is 0 Å². The van der Waals surface area contributed by atoms with Crippen LogP contribution in [0.15, 0.2) is 15.6 Å². The van der Waals surface area contributed by atoms with Crippen molar-refractivity contribution in [2.75, 3.05) is 0 Å². The molecule has 94 valence electrons. The fraction of sp³-hybridized carbons (Fsp3) is 0.167. The summed E-state index contributed by atoms with van der Waals surface area (Å²) in [5, 5.41) is 9.40. The van der Waals surface area contributed by atoms with E-state index in [0.29, 0.717) is 6.07 Å². The fourth-order valence-electron chi connectivity index (χ4n) is 0.925. The van der Waals surface area contributed by atoms with E-state index in [1.54, 1.807) is 0 Å². The molecule has 0 saturated heterocycles. The monoisotopic (exact) mass is 350 g/mol. The second-order valence-electron chi connectivity index (χ2n) is 2.68. The standard InChI is InChI=1S/C6H2BrClF2N2O4S/c7-4-2(5(9)10)1-3(12(13)14)11-6(4)17(8,15)16/h1,5H. The van der Waals surface area contributed by atoms with Crippen LogP contribution in [-0.4, -0.2) is 18.3 Å². The van der Waals surface area contributed by atoms with Gasteiger partial charge >= 0.3 is 14.9 Å². The molecule has 0 aliphatic heterocycles. The van der Waals surface area contributed by atoms with Crippen LogP contribution in [0.1, 0.15) is 12.0 Å². The van der Waals surface area contributed by atoms with Crippen LogP contribution >= 0.6 is 26.6 Å². The first-order valence-electron chi connectivity index (χ1n) is 3.72. The van der Waals surface area contributed by atoms with E-state index in [-0.39, 0.29) is 0 Å². The van der Waals surface area contributed by atoms with Crippen LogP contribution in [0, 0.1) is 10.1 Å². The molecule has 0 aromatic carbocycles. The Morgan fingerprint density at radius 3 is 2.41 bits per heavy atom. The van der Waals surface area contributed by atoms with E-state index in [1.165, 1.54) is 0 Å². The quantitative estimate of drug-likeness (QED) is 0.474. The zero-order valence-corrected chi connectivity index (χ0v) is 10.8. The Morgan fingerprint density at radius 2 is 2.06 bits per heavy atom. The van der Waals surface area contributed by atoms with Crippen molar-refractivity contribution < 1.29 is 22.1 Å². The molecule has 1 heterocycles. The summed E-state index contributed by atoms with van der Waals surface area (Å²) in [6.07, 6.45) is -3.11. The lowest BCUT2D eigenvalue weighted by molar-refractivity contribution is -0.390. The number of hydrogen-bond acceptors (Lipinski definition) is 5. The highest BCUT2D eigenvalue weighted by Crippen LogP contribution is 2.35. The van der Waals surface area contributed by atoms with E-state index in [4.69, 9.17) is 10.7 Å². The number of nitrogens with zero attached hydrogens (tertiary/aromatic N) is 2. The van der Waals surface area contributed by atoms with Crippen LogP contribution in [0.4, 0.5) is 14.6 Å². The van der Waals surface area contributed by atoms with Crippen LogP contribution in [-0.2, 0) is 9.05 Å². The van der Waals surface area contributed by atoms with Gasteiger partial charge < -0.3 is 10.1 Å². The summed E-state index contributed by atoms with van der Waals surface area (Å²) < 4.78 is 46.5. The Hall–Kier alpha value is -0.870. The van der Waals surface area contributed by atoms with Crippen molar-refractivity contribution in [3.63, 3.8) is 0 Å². The molecule has 1 aromatic rings. The van der Waals surface area contributed by atoms with E-state index in [9.17, 15) is 27.3 Å². The van der Waals surface area contributed by atoms with Gasteiger partial charge in [0.25, 0.3) is 11.5 Å². The zero-order valence-electron chi connectivity index (χ0n) is 7.60. The third-order valence-corrected chi connectivity index (χ3v) is 3.89. The normalized spacial score (nSPS) is 11.8. The minimum absolute atomic E-state index is 0.473. The zero-order chi connectivity index (χ0) is 13.4. The average Bonchev–Trinajstić information content (AvgIpc) is 2.15. The molecule has 6 nitrogen and oxygen atoms in total. The van der Waals surface area contributed by atoms with Crippen LogP contribution < -0.4 is 0 Å². The molecule has 0 bridgehead atoms. The lowest BCUT2D eigenvalue weighted by Gasteiger charge is -2.04. The Balaban J connectivity index is 3.67. The van der Waals surface area contributed by atoms with Gasteiger partial charge in [-0.1, -0.05) is 0 Å². The highest BCUT2D eigenvalue weighted by Gasteiger charge is 2.30. The SMILES string of the molecule is O=[N+]([O-])c1cc(C(F)F)c(Br)c(S(=O)(=O)Cl)n1. The molecule has 0 radical (unpaired) electrons. The lowest BCUT2D eigenvalue weighted by Crippen LogP contribution is -2.04. The summed E-state index contributed by atoms with van der Waals surface area (Å²) in [6.45, 7) is 0. The van der Waals surface area contributed by atoms with E-state index >= 15 is 0 Å². The molecule has 0 saturated carbocycles. The maximum atomic E-state index is 12.5. The number of rotatable bonds is 3. The van der Waals surface area contributed by atoms with Gasteiger partial charge in [0.15, 0.2) is 0 Å². The van der Waals surface area contributed by atoms with Gasteiger partial charge in [-0.2, -0.15) is 0 Å². The summed E-state index contributed by atoms with van der Waals surface area (Å²) >= 11 is 2.57. The molecule has 0 spiro atoms. The molecular formula is C6H2BrClF2N2O4S. The van der Waals surface area contributed by atoms with E-state index in [2.05, 4.69) is 20.9 Å². The molecule has 17 heavy (non-hydrogen) atoms. The van der Waals surface area contributed by atoms with Crippen LogP contribution in [0.3, 0.4) is 0 Å². The number of hydrogen-bond donors (Lipinski definition) is 0. The Bertz CT molecular complexity index is 580. The Morgan fingerprint density at radius 1 is 1.53 bits per heavy atom. The second-order valence-corrected chi connectivity index (χ2v) is 5.96. The molecule has 1 rings (SSSR count). The van der Waals surface area contributed by atoms with Crippen molar-refractivity contribution in [2.24, 2.45) is 0 Å². The number of halogens is 4. The predicted octanol–water partition coefficient (Wildman–Crippen LogP) is 2.62. The summed E-state index contributed by atoms with van der Waals surface area (Å²) in [7, 11) is 0.460. The van der Waals surface area contributed by atoms with Crippen molar-refractivity contribution in [1.29, 1.82) is 0 Å². The molecule has 0 amide bonds. The molecule has 1 aromatic heterocycles. The first kappa shape index (κ1) is 14.2. The predicted molar refractivity (Wildman–Crippen MR) is 56.6 cm³/mol. The van der Waals surface area contributed by atoms with Gasteiger partial charge in [0, 0.05) is 22.3 Å². The third kappa shape index (κ3) is 3.07. The highest BCUT2D eigenvalue weighted by molar-refractivity contribution is 9.10. The molecule has 0 atom stereocenters. The van der Waals surface area contributed by atoms with Crippen molar-refractivity contribution in [3.8, 4) is 0 Å². The number of nitro groups is 1. The first-order chi connectivity index (χ1) is 7.64. The van der Waals surface area contributed by atoms with Gasteiger partial charge in [-0.3, -0.25) is 0 Å². The Kier molecular flexibility index (Phi) is 3.99. The average molecular weight is 352 g/mol. The smallest absolute Gasteiger partial charge is 0.358 e. The van der Waals surface area contributed by atoms with Gasteiger partial charge in [0.05, 0.1) is 4.47 Å². The van der Waals surface area contributed by atoms with Crippen LogP contribution in [0.2, 0.25) is 0 Å². The topological polar surface area (TPSA) is 90.2 Å². The van der Waals surface area contributed by atoms with Gasteiger partial charge in [-0.15, -0.1) is 0 Å². The van der Waals surface area contributed by atoms with Crippen LogP contribution in [0.25, 0.3) is 0 Å². The van der Waals surface area contributed by atoms with Gasteiger partial charge in [0.2, 0.25) is 0 Å². The number of alkyl halides is 2. The van der Waals surface area contributed by atoms with Crippen molar-refractivity contribution >= 4 is 41.5 Å². The Labute approximate surface area is 106 Å². The molecule has 0 aliphatic rings. The van der Waals surface area contributed by atoms with Crippen molar-refractivity contribution in [1.82, 2.24) is 4.98 Å². The van der Waals surface area contributed by atoms with Crippen molar-refractivity contribution in [3.05, 3.63) is 26.2 Å². The summed E-state index contributed by atoms with van der Waals surface area (Å²) in [5.74, 6) is -1.03. The summed E-state index contributed by atoms with van der Waals surface area (Å²) in [6, 6.07) is 0.473. The highest BCUT2D eigenvalue weighted by atomic mass is 79.9. The molecule has 0 unspecified atom stereocenters. The maximum Gasteiger partial charge on any atom is 0.365 e. The molecule has 0 aliphatic carbocycles. The molecule has 11 heteroatoms. The third-order valence-electron chi connectivity index (χ3n) is 1.60. The number of pyridine rings is 1. The minimum atomic E-state index is -4.47. The minimum Gasteiger partial charge on any atom is -0.358 e. The molecule has 0 N–H and O–H groups in total. The number of aromatic nitrogens is 1. The second kappa shape index (κ2) is 4.78. The van der Waals surface area contributed by atoms with Gasteiger partial charge in [-0.25, -0.2) is 17.2 Å². The van der Waals surface area contributed by atoms with Crippen LogP contribution in [0.5, 0.6) is 0 Å². The summed E-state index contributed by atoms with van der Waals surface area (Å²) in [4.78, 5) is 12.4. The molecule has 0 fully saturated rings. The fourth-order valence-corrected chi connectivity index (χ4v) is 3.09. The maximum absolute atomic E-state index is 12.5. The van der Waals surface area contributed by atoms with Gasteiger partial charge in [-0.05, 0) is 25.8 Å².